The quantitative estimate of drug-likeness (QED) is 0.731. The summed E-state index contributed by atoms with van der Waals surface area (Å²) in [6.45, 7) is 0. The zero-order chi connectivity index (χ0) is 9.60. The van der Waals surface area contributed by atoms with Crippen LogP contribution in [0.1, 0.15) is 31.2 Å². The van der Waals surface area contributed by atoms with Gasteiger partial charge in [0, 0.05) is 18.4 Å². The summed E-state index contributed by atoms with van der Waals surface area (Å²) in [4.78, 5) is 0. The number of rotatable bonds is 1. The van der Waals surface area contributed by atoms with Crippen LogP contribution in [-0.4, -0.2) is 22.5 Å². The molecule has 2 fully saturated rings. The van der Waals surface area contributed by atoms with Crippen molar-refractivity contribution in [3.63, 3.8) is 0 Å². The predicted molar refractivity (Wildman–Crippen MR) is 47.5 cm³/mol. The summed E-state index contributed by atoms with van der Waals surface area (Å²) in [5.74, 6) is 0. The Morgan fingerprint density at radius 3 is 2.64 bits per heavy atom. The zero-order valence-electron chi connectivity index (χ0n) is 7.85. The van der Waals surface area contributed by atoms with Gasteiger partial charge in [-0.15, -0.1) is 0 Å². The molecule has 1 aromatic heterocycles. The minimum Gasteiger partial charge on any atom is -0.385 e. The molecule has 2 unspecified atom stereocenters. The minimum atomic E-state index is -0.774. The molecule has 2 atom stereocenters. The third-order valence-electron chi connectivity index (χ3n) is 3.30. The molecule has 14 heavy (non-hydrogen) atoms. The molecule has 2 saturated heterocycles. The summed E-state index contributed by atoms with van der Waals surface area (Å²) in [7, 11) is 0. The van der Waals surface area contributed by atoms with E-state index in [0.29, 0.717) is 12.8 Å². The van der Waals surface area contributed by atoms with Crippen molar-refractivity contribution in [2.75, 3.05) is 0 Å². The average molecular weight is 195 g/mol. The average Bonchev–Trinajstić information content (AvgIpc) is 2.75. The SMILES string of the molecule is OC1(c2cnoc2)CC2CCC(C1)O2. The van der Waals surface area contributed by atoms with Crippen LogP contribution in [0.15, 0.2) is 17.0 Å². The molecule has 0 aromatic carbocycles. The van der Waals surface area contributed by atoms with Crippen LogP contribution >= 0.6 is 0 Å². The molecule has 0 amide bonds. The topological polar surface area (TPSA) is 55.5 Å². The third kappa shape index (κ3) is 1.18. The van der Waals surface area contributed by atoms with Gasteiger partial charge in [-0.3, -0.25) is 0 Å². The second-order valence-corrected chi connectivity index (χ2v) is 4.31. The van der Waals surface area contributed by atoms with Crippen LogP contribution in [0.5, 0.6) is 0 Å². The van der Waals surface area contributed by atoms with E-state index in [4.69, 9.17) is 9.26 Å². The fraction of sp³-hybridized carbons (Fsp3) is 0.700. The zero-order valence-corrected chi connectivity index (χ0v) is 7.85. The van der Waals surface area contributed by atoms with E-state index in [1.807, 2.05) is 0 Å². The summed E-state index contributed by atoms with van der Waals surface area (Å²) < 4.78 is 10.5. The van der Waals surface area contributed by atoms with Gasteiger partial charge in [-0.1, -0.05) is 5.16 Å². The second kappa shape index (κ2) is 2.81. The van der Waals surface area contributed by atoms with Gasteiger partial charge >= 0.3 is 0 Å². The first-order chi connectivity index (χ1) is 6.76. The summed E-state index contributed by atoms with van der Waals surface area (Å²) in [6, 6.07) is 0. The molecule has 2 aliphatic rings. The Labute approximate surface area is 81.8 Å². The van der Waals surface area contributed by atoms with Crippen molar-refractivity contribution in [1.29, 1.82) is 0 Å². The molecule has 4 nitrogen and oxygen atoms in total. The van der Waals surface area contributed by atoms with Crippen LogP contribution in [0.25, 0.3) is 0 Å². The van der Waals surface area contributed by atoms with Gasteiger partial charge in [0.2, 0.25) is 0 Å². The molecule has 0 aliphatic carbocycles. The maximum Gasteiger partial charge on any atom is 0.129 e. The number of hydrogen-bond donors (Lipinski definition) is 1. The van der Waals surface area contributed by atoms with Gasteiger partial charge in [-0.25, -0.2) is 0 Å². The van der Waals surface area contributed by atoms with Gasteiger partial charge in [-0.2, -0.15) is 0 Å². The van der Waals surface area contributed by atoms with Gasteiger partial charge in [-0.05, 0) is 12.8 Å². The number of nitrogens with zero attached hydrogens (tertiary/aromatic N) is 1. The lowest BCUT2D eigenvalue weighted by atomic mass is 9.85. The smallest absolute Gasteiger partial charge is 0.129 e. The highest BCUT2D eigenvalue weighted by Crippen LogP contribution is 2.43. The molecule has 3 heterocycles. The summed E-state index contributed by atoms with van der Waals surface area (Å²) in [5.41, 5.74) is 0.0158. The van der Waals surface area contributed by atoms with Crippen molar-refractivity contribution in [3.8, 4) is 0 Å². The Morgan fingerprint density at radius 1 is 1.36 bits per heavy atom. The van der Waals surface area contributed by atoms with Crippen LogP contribution in [0.2, 0.25) is 0 Å². The maximum atomic E-state index is 10.4. The summed E-state index contributed by atoms with van der Waals surface area (Å²) >= 11 is 0. The molecule has 2 bridgehead atoms. The number of fused-ring (bicyclic) bond motifs is 2. The van der Waals surface area contributed by atoms with Crippen LogP contribution in [0, 0.1) is 0 Å². The van der Waals surface area contributed by atoms with Crippen LogP contribution in [0.3, 0.4) is 0 Å². The van der Waals surface area contributed by atoms with Gasteiger partial charge in [0.05, 0.1) is 24.0 Å². The maximum absolute atomic E-state index is 10.4. The van der Waals surface area contributed by atoms with E-state index in [2.05, 4.69) is 5.16 Å². The lowest BCUT2D eigenvalue weighted by Gasteiger charge is -2.35. The molecule has 76 valence electrons. The number of ether oxygens (including phenoxy) is 1. The summed E-state index contributed by atoms with van der Waals surface area (Å²) in [6.07, 6.45) is 7.05. The number of hydrogen-bond acceptors (Lipinski definition) is 4. The summed E-state index contributed by atoms with van der Waals surface area (Å²) in [5, 5.41) is 14.1. The van der Waals surface area contributed by atoms with E-state index in [-0.39, 0.29) is 12.2 Å². The highest BCUT2D eigenvalue weighted by molar-refractivity contribution is 5.16. The Morgan fingerprint density at radius 2 is 2.07 bits per heavy atom. The fourth-order valence-corrected chi connectivity index (χ4v) is 2.59. The fourth-order valence-electron chi connectivity index (χ4n) is 2.59. The van der Waals surface area contributed by atoms with Crippen LogP contribution in [0.4, 0.5) is 0 Å². The number of aliphatic hydroxyl groups is 1. The van der Waals surface area contributed by atoms with Crippen LogP contribution in [-0.2, 0) is 10.3 Å². The molecular weight excluding hydrogens is 182 g/mol. The van der Waals surface area contributed by atoms with Crippen molar-refractivity contribution in [3.05, 3.63) is 18.0 Å². The first kappa shape index (κ1) is 8.44. The third-order valence-corrected chi connectivity index (χ3v) is 3.30. The van der Waals surface area contributed by atoms with Crippen molar-refractivity contribution in [2.45, 2.75) is 43.5 Å². The molecule has 3 rings (SSSR count). The molecule has 0 radical (unpaired) electrons. The number of aromatic nitrogens is 1. The first-order valence-electron chi connectivity index (χ1n) is 5.04. The van der Waals surface area contributed by atoms with Gasteiger partial charge in [0.25, 0.3) is 0 Å². The monoisotopic (exact) mass is 195 g/mol. The van der Waals surface area contributed by atoms with E-state index in [9.17, 15) is 5.11 Å². The first-order valence-corrected chi connectivity index (χ1v) is 5.04. The Bertz CT molecular complexity index is 310. The highest BCUT2D eigenvalue weighted by Gasteiger charge is 2.45. The van der Waals surface area contributed by atoms with E-state index >= 15 is 0 Å². The van der Waals surface area contributed by atoms with Crippen molar-refractivity contribution < 1.29 is 14.4 Å². The molecule has 1 aromatic rings. The minimum absolute atomic E-state index is 0.216. The second-order valence-electron chi connectivity index (χ2n) is 4.31. The Kier molecular flexibility index (Phi) is 1.69. The van der Waals surface area contributed by atoms with E-state index in [1.165, 1.54) is 6.26 Å². The Balaban J connectivity index is 1.90. The standard InChI is InChI=1S/C10H13NO3/c12-10(7-5-11-13-6-7)3-8-1-2-9(4-10)14-8/h5-6,8-9,12H,1-4H2. The van der Waals surface area contributed by atoms with E-state index in [1.54, 1.807) is 6.20 Å². The van der Waals surface area contributed by atoms with E-state index in [0.717, 1.165) is 18.4 Å². The van der Waals surface area contributed by atoms with Gasteiger partial charge in [0.15, 0.2) is 0 Å². The Hall–Kier alpha value is -0.870. The normalized spacial score (nSPS) is 41.5. The largest absolute Gasteiger partial charge is 0.385 e. The van der Waals surface area contributed by atoms with Gasteiger partial charge in [0.1, 0.15) is 6.26 Å². The lowest BCUT2D eigenvalue weighted by Crippen LogP contribution is -2.38. The molecule has 0 saturated carbocycles. The van der Waals surface area contributed by atoms with Crippen molar-refractivity contribution in [2.24, 2.45) is 0 Å². The molecule has 0 spiro atoms. The molecular formula is C10H13NO3. The molecule has 4 heteroatoms. The molecule has 2 aliphatic heterocycles. The van der Waals surface area contributed by atoms with Crippen molar-refractivity contribution in [1.82, 2.24) is 5.16 Å². The molecule has 1 N–H and O–H groups in total. The van der Waals surface area contributed by atoms with Gasteiger partial charge < -0.3 is 14.4 Å². The highest BCUT2D eigenvalue weighted by atomic mass is 16.5. The van der Waals surface area contributed by atoms with Crippen molar-refractivity contribution >= 4 is 0 Å². The lowest BCUT2D eigenvalue weighted by molar-refractivity contribution is -0.115. The van der Waals surface area contributed by atoms with E-state index < -0.39 is 5.60 Å². The predicted octanol–water partition coefficient (Wildman–Crippen LogP) is 1.20. The van der Waals surface area contributed by atoms with Crippen LogP contribution < -0.4 is 0 Å².